The van der Waals surface area contributed by atoms with Gasteiger partial charge < -0.3 is 34.3 Å². The van der Waals surface area contributed by atoms with Gasteiger partial charge >= 0.3 is 0 Å². The summed E-state index contributed by atoms with van der Waals surface area (Å²) >= 11 is 0. The normalized spacial score (nSPS) is 21.6. The highest BCUT2D eigenvalue weighted by atomic mass is 16.7. The summed E-state index contributed by atoms with van der Waals surface area (Å²) in [5.41, 5.74) is 4.36. The minimum absolute atomic E-state index is 0.00596. The van der Waals surface area contributed by atoms with E-state index in [9.17, 15) is 9.90 Å². The van der Waals surface area contributed by atoms with E-state index >= 15 is 0 Å². The molecule has 1 aliphatic carbocycles. The van der Waals surface area contributed by atoms with Gasteiger partial charge in [0.05, 0.1) is 25.9 Å². The Morgan fingerprint density at radius 1 is 1.17 bits per heavy atom. The van der Waals surface area contributed by atoms with Crippen molar-refractivity contribution in [2.24, 2.45) is 0 Å². The Morgan fingerprint density at radius 3 is 2.83 bits per heavy atom. The largest absolute Gasteiger partial charge is 0.484 e. The SMILES string of the molecule is CC1(C)OCc2cc([C@H](O)CN[C@H]3CCc4ccc(OCC(=O)N5CCOCC5)cc4C3)ccc2O1. The van der Waals surface area contributed by atoms with Gasteiger partial charge in [-0.05, 0) is 60.2 Å². The average Bonchev–Trinajstić information content (AvgIpc) is 2.89. The van der Waals surface area contributed by atoms with Crippen LogP contribution in [0.3, 0.4) is 0 Å². The first-order valence-electron chi connectivity index (χ1n) is 12.8. The van der Waals surface area contributed by atoms with Crippen LogP contribution in [-0.4, -0.2) is 67.2 Å². The van der Waals surface area contributed by atoms with Crippen molar-refractivity contribution in [3.63, 3.8) is 0 Å². The smallest absolute Gasteiger partial charge is 0.260 e. The van der Waals surface area contributed by atoms with Crippen LogP contribution in [0.2, 0.25) is 0 Å². The van der Waals surface area contributed by atoms with Crippen LogP contribution in [0.25, 0.3) is 0 Å². The molecular formula is C28H36N2O6. The molecule has 2 aromatic carbocycles. The highest BCUT2D eigenvalue weighted by Crippen LogP contribution is 2.33. The van der Waals surface area contributed by atoms with Crippen molar-refractivity contribution in [2.45, 2.75) is 57.6 Å². The van der Waals surface area contributed by atoms with E-state index in [1.165, 1.54) is 11.1 Å². The summed E-state index contributed by atoms with van der Waals surface area (Å²) in [6.07, 6.45) is 2.22. The molecule has 2 aliphatic heterocycles. The van der Waals surface area contributed by atoms with Crippen molar-refractivity contribution in [3.8, 4) is 11.5 Å². The van der Waals surface area contributed by atoms with Crippen LogP contribution in [0.15, 0.2) is 36.4 Å². The number of morpholine rings is 1. The number of carbonyl (C=O) groups excluding carboxylic acids is 1. The summed E-state index contributed by atoms with van der Waals surface area (Å²) in [5, 5.41) is 14.4. The minimum atomic E-state index is -0.630. The number of nitrogens with one attached hydrogen (secondary N) is 1. The monoisotopic (exact) mass is 496 g/mol. The number of aryl methyl sites for hydroxylation is 1. The lowest BCUT2D eigenvalue weighted by Crippen LogP contribution is -2.43. The molecular weight excluding hydrogens is 460 g/mol. The zero-order valence-electron chi connectivity index (χ0n) is 21.1. The number of aliphatic hydroxyl groups is 1. The fourth-order valence-corrected chi connectivity index (χ4v) is 5.01. The minimum Gasteiger partial charge on any atom is -0.484 e. The van der Waals surface area contributed by atoms with Gasteiger partial charge in [-0.25, -0.2) is 0 Å². The van der Waals surface area contributed by atoms with E-state index in [0.717, 1.165) is 41.9 Å². The lowest BCUT2D eigenvalue weighted by atomic mass is 9.88. The van der Waals surface area contributed by atoms with Gasteiger partial charge in [-0.15, -0.1) is 0 Å². The van der Waals surface area contributed by atoms with Crippen LogP contribution in [0.5, 0.6) is 11.5 Å². The number of benzene rings is 2. The van der Waals surface area contributed by atoms with Crippen molar-refractivity contribution >= 4 is 5.91 Å². The predicted octanol–water partition coefficient (Wildman–Crippen LogP) is 2.75. The van der Waals surface area contributed by atoms with Crippen LogP contribution in [0.4, 0.5) is 0 Å². The zero-order chi connectivity index (χ0) is 25.1. The second-order valence-electron chi connectivity index (χ2n) is 10.2. The molecule has 194 valence electrons. The number of fused-ring (bicyclic) bond motifs is 2. The first kappa shape index (κ1) is 25.0. The maximum Gasteiger partial charge on any atom is 0.260 e. The molecule has 8 heteroatoms. The second-order valence-corrected chi connectivity index (χ2v) is 10.2. The van der Waals surface area contributed by atoms with Gasteiger partial charge in [0, 0.05) is 45.1 Å². The average molecular weight is 497 g/mol. The highest BCUT2D eigenvalue weighted by molar-refractivity contribution is 5.77. The summed E-state index contributed by atoms with van der Waals surface area (Å²) in [5.74, 6) is 0.893. The summed E-state index contributed by atoms with van der Waals surface area (Å²) in [7, 11) is 0. The molecule has 0 bridgehead atoms. The summed E-state index contributed by atoms with van der Waals surface area (Å²) in [6.45, 7) is 7.18. The number of rotatable bonds is 7. The van der Waals surface area contributed by atoms with Crippen LogP contribution in [0.1, 0.15) is 48.6 Å². The maximum atomic E-state index is 12.4. The Bertz CT molecular complexity index is 1080. The topological polar surface area (TPSA) is 89.5 Å². The molecule has 2 atom stereocenters. The Balaban J connectivity index is 1.13. The van der Waals surface area contributed by atoms with Gasteiger partial charge in [0.25, 0.3) is 5.91 Å². The Kier molecular flexibility index (Phi) is 7.48. The molecule has 0 saturated carbocycles. The van der Waals surface area contributed by atoms with Gasteiger partial charge in [0.1, 0.15) is 11.5 Å². The van der Waals surface area contributed by atoms with Gasteiger partial charge in [0.2, 0.25) is 5.79 Å². The van der Waals surface area contributed by atoms with Crippen LogP contribution < -0.4 is 14.8 Å². The van der Waals surface area contributed by atoms with Gasteiger partial charge in [-0.2, -0.15) is 0 Å². The summed E-state index contributed by atoms with van der Waals surface area (Å²) in [6, 6.07) is 12.2. The molecule has 0 unspecified atom stereocenters. The standard InChI is InChI=1S/C28H36N2O6/c1-28(2)35-17-22-13-20(5-8-26(22)36-28)25(31)16-29-23-6-3-19-4-7-24(15-21(19)14-23)34-18-27(32)30-9-11-33-12-10-30/h4-5,7-8,13,15,23,25,29,31H,3,6,9-12,14,16-18H2,1-2H3/t23-,25+/m0/s1. The first-order chi connectivity index (χ1) is 17.4. The van der Waals surface area contributed by atoms with Crippen molar-refractivity contribution < 1.29 is 28.8 Å². The van der Waals surface area contributed by atoms with Crippen LogP contribution in [0, 0.1) is 0 Å². The number of carbonyl (C=O) groups is 1. The number of aliphatic hydroxyl groups excluding tert-OH is 1. The Labute approximate surface area is 212 Å². The number of amides is 1. The highest BCUT2D eigenvalue weighted by Gasteiger charge is 2.28. The predicted molar refractivity (Wildman–Crippen MR) is 134 cm³/mol. The van der Waals surface area contributed by atoms with Crippen molar-refractivity contribution in [1.82, 2.24) is 10.2 Å². The Hall–Kier alpha value is -2.65. The fraction of sp³-hybridized carbons (Fsp3) is 0.536. The van der Waals surface area contributed by atoms with Gasteiger partial charge in [-0.1, -0.05) is 12.1 Å². The molecule has 3 aliphatic rings. The number of hydrogen-bond acceptors (Lipinski definition) is 7. The second kappa shape index (κ2) is 10.8. The van der Waals surface area contributed by atoms with E-state index in [-0.39, 0.29) is 18.6 Å². The quantitative estimate of drug-likeness (QED) is 0.609. The van der Waals surface area contributed by atoms with E-state index in [1.54, 1.807) is 4.90 Å². The third-order valence-corrected chi connectivity index (χ3v) is 7.13. The van der Waals surface area contributed by atoms with E-state index in [0.29, 0.717) is 39.5 Å². The lowest BCUT2D eigenvalue weighted by Gasteiger charge is -2.33. The van der Waals surface area contributed by atoms with E-state index in [2.05, 4.69) is 17.4 Å². The molecule has 8 nitrogen and oxygen atoms in total. The third kappa shape index (κ3) is 6.00. The van der Waals surface area contributed by atoms with E-state index in [4.69, 9.17) is 18.9 Å². The molecule has 1 amide bonds. The number of ether oxygens (including phenoxy) is 4. The number of nitrogens with zero attached hydrogens (tertiary/aromatic N) is 1. The molecule has 5 rings (SSSR count). The van der Waals surface area contributed by atoms with Gasteiger partial charge in [-0.3, -0.25) is 4.79 Å². The molecule has 0 spiro atoms. The van der Waals surface area contributed by atoms with Crippen LogP contribution >= 0.6 is 0 Å². The summed E-state index contributed by atoms with van der Waals surface area (Å²) in [4.78, 5) is 14.2. The van der Waals surface area contributed by atoms with Crippen molar-refractivity contribution in [1.29, 1.82) is 0 Å². The molecule has 36 heavy (non-hydrogen) atoms. The molecule has 0 aromatic heterocycles. The first-order valence-corrected chi connectivity index (χ1v) is 12.8. The zero-order valence-corrected chi connectivity index (χ0v) is 21.1. The molecule has 2 aromatic rings. The fourth-order valence-electron chi connectivity index (χ4n) is 5.01. The third-order valence-electron chi connectivity index (χ3n) is 7.13. The summed E-state index contributed by atoms with van der Waals surface area (Å²) < 4.78 is 22.7. The molecule has 2 heterocycles. The van der Waals surface area contributed by atoms with Gasteiger partial charge in [0.15, 0.2) is 6.61 Å². The Morgan fingerprint density at radius 2 is 2.00 bits per heavy atom. The van der Waals surface area contributed by atoms with E-state index in [1.807, 2.05) is 38.1 Å². The molecule has 0 radical (unpaired) electrons. The molecule has 1 fully saturated rings. The molecule has 2 N–H and O–H groups in total. The van der Waals surface area contributed by atoms with E-state index < -0.39 is 11.9 Å². The maximum absolute atomic E-state index is 12.4. The van der Waals surface area contributed by atoms with Crippen molar-refractivity contribution in [2.75, 3.05) is 39.5 Å². The number of hydrogen-bond donors (Lipinski definition) is 2. The van der Waals surface area contributed by atoms with Crippen LogP contribution in [-0.2, 0) is 33.7 Å². The lowest BCUT2D eigenvalue weighted by molar-refractivity contribution is -0.180. The molecule has 1 saturated heterocycles. The van der Waals surface area contributed by atoms with Crippen molar-refractivity contribution in [3.05, 3.63) is 58.7 Å².